The SMILES string of the molecule is CC1CCCCCC1NC(=O)c1cccc2c1OCCN2. The van der Waals surface area contributed by atoms with Gasteiger partial charge in [-0.25, -0.2) is 0 Å². The molecule has 0 bridgehead atoms. The summed E-state index contributed by atoms with van der Waals surface area (Å²) in [5, 5.41) is 6.50. The van der Waals surface area contributed by atoms with Gasteiger partial charge in [0.05, 0.1) is 11.3 Å². The lowest BCUT2D eigenvalue weighted by atomic mass is 9.96. The third kappa shape index (κ3) is 3.14. The average molecular weight is 288 g/mol. The molecule has 2 atom stereocenters. The summed E-state index contributed by atoms with van der Waals surface area (Å²) in [5.41, 5.74) is 1.57. The van der Waals surface area contributed by atoms with Crippen LogP contribution in [0, 0.1) is 5.92 Å². The number of anilines is 1. The molecule has 1 aromatic rings. The van der Waals surface area contributed by atoms with Crippen molar-refractivity contribution in [2.45, 2.75) is 45.1 Å². The molecular formula is C17H24N2O2. The van der Waals surface area contributed by atoms with Crippen molar-refractivity contribution >= 4 is 11.6 Å². The molecule has 2 N–H and O–H groups in total. The normalized spacial score (nSPS) is 25.0. The fourth-order valence-corrected chi connectivity index (χ4v) is 3.30. The van der Waals surface area contributed by atoms with Crippen LogP contribution < -0.4 is 15.4 Å². The maximum Gasteiger partial charge on any atom is 0.255 e. The molecule has 1 saturated carbocycles. The molecule has 1 heterocycles. The Kier molecular flexibility index (Phi) is 4.32. The van der Waals surface area contributed by atoms with Crippen LogP contribution in [-0.4, -0.2) is 25.1 Å². The highest BCUT2D eigenvalue weighted by Gasteiger charge is 2.25. The number of para-hydroxylation sites is 1. The second-order valence-corrected chi connectivity index (χ2v) is 6.15. The molecule has 1 aliphatic heterocycles. The van der Waals surface area contributed by atoms with Crippen molar-refractivity contribution in [2.75, 3.05) is 18.5 Å². The zero-order valence-electron chi connectivity index (χ0n) is 12.7. The van der Waals surface area contributed by atoms with Crippen molar-refractivity contribution in [3.05, 3.63) is 23.8 Å². The number of benzene rings is 1. The van der Waals surface area contributed by atoms with E-state index in [1.807, 2.05) is 18.2 Å². The van der Waals surface area contributed by atoms with Gasteiger partial charge in [0.25, 0.3) is 5.91 Å². The largest absolute Gasteiger partial charge is 0.489 e. The molecule has 2 unspecified atom stereocenters. The van der Waals surface area contributed by atoms with Crippen LogP contribution in [0.15, 0.2) is 18.2 Å². The highest BCUT2D eigenvalue weighted by molar-refractivity contribution is 5.99. The van der Waals surface area contributed by atoms with Gasteiger partial charge < -0.3 is 15.4 Å². The van der Waals surface area contributed by atoms with Crippen LogP contribution in [0.4, 0.5) is 5.69 Å². The van der Waals surface area contributed by atoms with Crippen LogP contribution >= 0.6 is 0 Å². The van der Waals surface area contributed by atoms with Gasteiger partial charge in [-0.2, -0.15) is 0 Å². The number of carbonyl (C=O) groups excluding carboxylic acids is 1. The van der Waals surface area contributed by atoms with Crippen molar-refractivity contribution < 1.29 is 9.53 Å². The molecule has 114 valence electrons. The molecule has 4 heteroatoms. The van der Waals surface area contributed by atoms with E-state index < -0.39 is 0 Å². The zero-order chi connectivity index (χ0) is 14.7. The first-order valence-corrected chi connectivity index (χ1v) is 8.06. The summed E-state index contributed by atoms with van der Waals surface area (Å²) < 4.78 is 5.69. The van der Waals surface area contributed by atoms with E-state index in [1.165, 1.54) is 25.7 Å². The Morgan fingerprint density at radius 1 is 1.29 bits per heavy atom. The minimum atomic E-state index is -0.00528. The van der Waals surface area contributed by atoms with Gasteiger partial charge in [-0.1, -0.05) is 32.3 Å². The Bertz CT molecular complexity index is 516. The molecule has 0 spiro atoms. The van der Waals surface area contributed by atoms with E-state index in [1.54, 1.807) is 0 Å². The Hall–Kier alpha value is -1.71. The number of ether oxygens (including phenoxy) is 1. The zero-order valence-corrected chi connectivity index (χ0v) is 12.7. The van der Waals surface area contributed by atoms with Crippen LogP contribution in [-0.2, 0) is 0 Å². The molecule has 4 nitrogen and oxygen atoms in total. The number of carbonyl (C=O) groups is 1. The number of fused-ring (bicyclic) bond motifs is 1. The van der Waals surface area contributed by atoms with Gasteiger partial charge in [0.15, 0.2) is 5.75 Å². The molecule has 21 heavy (non-hydrogen) atoms. The number of hydrogen-bond acceptors (Lipinski definition) is 3. The van der Waals surface area contributed by atoms with Gasteiger partial charge in [-0.15, -0.1) is 0 Å². The molecular weight excluding hydrogens is 264 g/mol. The minimum Gasteiger partial charge on any atom is -0.489 e. The second kappa shape index (κ2) is 6.37. The molecule has 1 aliphatic carbocycles. The highest BCUT2D eigenvalue weighted by atomic mass is 16.5. The Morgan fingerprint density at radius 3 is 3.05 bits per heavy atom. The fourth-order valence-electron chi connectivity index (χ4n) is 3.30. The Balaban J connectivity index is 1.76. The molecule has 2 aliphatic rings. The third-order valence-corrected chi connectivity index (χ3v) is 4.60. The quantitative estimate of drug-likeness (QED) is 0.822. The van der Waals surface area contributed by atoms with Gasteiger partial charge in [0, 0.05) is 12.6 Å². The number of rotatable bonds is 2. The van der Waals surface area contributed by atoms with Gasteiger partial charge in [-0.05, 0) is 30.9 Å². The summed E-state index contributed by atoms with van der Waals surface area (Å²) in [4.78, 5) is 12.6. The maximum atomic E-state index is 12.6. The smallest absolute Gasteiger partial charge is 0.255 e. The van der Waals surface area contributed by atoms with Gasteiger partial charge in [-0.3, -0.25) is 4.79 Å². The van der Waals surface area contributed by atoms with Crippen molar-refractivity contribution in [1.82, 2.24) is 5.32 Å². The van der Waals surface area contributed by atoms with Crippen molar-refractivity contribution in [2.24, 2.45) is 5.92 Å². The Morgan fingerprint density at radius 2 is 2.14 bits per heavy atom. The average Bonchev–Trinajstić information content (AvgIpc) is 2.71. The maximum absolute atomic E-state index is 12.6. The van der Waals surface area contributed by atoms with Crippen molar-refractivity contribution in [3.63, 3.8) is 0 Å². The lowest BCUT2D eigenvalue weighted by Crippen LogP contribution is -2.39. The molecule has 1 fully saturated rings. The molecule has 0 saturated heterocycles. The predicted octanol–water partition coefficient (Wildman–Crippen LogP) is 3.19. The van der Waals surface area contributed by atoms with Crippen molar-refractivity contribution in [3.8, 4) is 5.75 Å². The highest BCUT2D eigenvalue weighted by Crippen LogP contribution is 2.31. The van der Waals surface area contributed by atoms with E-state index in [9.17, 15) is 4.79 Å². The number of nitrogens with one attached hydrogen (secondary N) is 2. The van der Waals surface area contributed by atoms with Crippen LogP contribution in [0.2, 0.25) is 0 Å². The van der Waals surface area contributed by atoms with E-state index in [0.29, 0.717) is 23.8 Å². The summed E-state index contributed by atoms with van der Waals surface area (Å²) in [7, 11) is 0. The molecule has 3 rings (SSSR count). The van der Waals surface area contributed by atoms with Gasteiger partial charge in [0.1, 0.15) is 6.61 Å². The predicted molar refractivity (Wildman–Crippen MR) is 83.9 cm³/mol. The third-order valence-electron chi connectivity index (χ3n) is 4.60. The van der Waals surface area contributed by atoms with E-state index in [4.69, 9.17) is 4.74 Å². The first kappa shape index (κ1) is 14.2. The standard InChI is InChI=1S/C17H24N2O2/c1-12-6-3-2-4-8-14(12)19-17(20)13-7-5-9-15-16(13)21-11-10-18-15/h5,7,9,12,14,18H,2-4,6,8,10-11H2,1H3,(H,19,20). The lowest BCUT2D eigenvalue weighted by molar-refractivity contribution is 0.0917. The van der Waals surface area contributed by atoms with Crippen LogP contribution in [0.25, 0.3) is 0 Å². The van der Waals surface area contributed by atoms with Crippen LogP contribution in [0.1, 0.15) is 49.4 Å². The van der Waals surface area contributed by atoms with E-state index in [0.717, 1.165) is 18.7 Å². The van der Waals surface area contributed by atoms with E-state index in [-0.39, 0.29) is 11.9 Å². The van der Waals surface area contributed by atoms with Crippen molar-refractivity contribution in [1.29, 1.82) is 0 Å². The first-order chi connectivity index (χ1) is 10.3. The monoisotopic (exact) mass is 288 g/mol. The molecule has 1 aromatic carbocycles. The number of amides is 1. The summed E-state index contributed by atoms with van der Waals surface area (Å²) in [6.45, 7) is 3.64. The lowest BCUT2D eigenvalue weighted by Gasteiger charge is -2.25. The first-order valence-electron chi connectivity index (χ1n) is 8.06. The molecule has 0 aromatic heterocycles. The summed E-state index contributed by atoms with van der Waals surface area (Å²) in [6.07, 6.45) is 6.06. The molecule has 1 amide bonds. The second-order valence-electron chi connectivity index (χ2n) is 6.15. The van der Waals surface area contributed by atoms with Crippen LogP contribution in [0.3, 0.4) is 0 Å². The topological polar surface area (TPSA) is 50.4 Å². The van der Waals surface area contributed by atoms with E-state index >= 15 is 0 Å². The number of hydrogen-bond donors (Lipinski definition) is 2. The Labute approximate surface area is 126 Å². The molecule has 0 radical (unpaired) electrons. The summed E-state index contributed by atoms with van der Waals surface area (Å²) in [5.74, 6) is 1.24. The minimum absolute atomic E-state index is 0.00528. The van der Waals surface area contributed by atoms with Gasteiger partial charge >= 0.3 is 0 Å². The summed E-state index contributed by atoms with van der Waals surface area (Å²) in [6, 6.07) is 6.00. The van der Waals surface area contributed by atoms with E-state index in [2.05, 4.69) is 17.6 Å². The van der Waals surface area contributed by atoms with Gasteiger partial charge in [0.2, 0.25) is 0 Å². The van der Waals surface area contributed by atoms with Crippen LogP contribution in [0.5, 0.6) is 5.75 Å². The summed E-state index contributed by atoms with van der Waals surface area (Å²) >= 11 is 0. The fraction of sp³-hybridized carbons (Fsp3) is 0.588.